The third kappa shape index (κ3) is 1.90. The van der Waals surface area contributed by atoms with Crippen molar-refractivity contribution in [2.45, 2.75) is 25.2 Å². The largest absolute Gasteiger partial charge is 0.387 e. The van der Waals surface area contributed by atoms with Gasteiger partial charge in [-0.2, -0.15) is 0 Å². The molecule has 1 saturated carbocycles. The zero-order valence-electron chi connectivity index (χ0n) is 11.7. The zero-order chi connectivity index (χ0) is 13.5. The maximum absolute atomic E-state index is 6.18. The van der Waals surface area contributed by atoms with Gasteiger partial charge in [0.25, 0.3) is 0 Å². The molecule has 0 spiro atoms. The van der Waals surface area contributed by atoms with Crippen molar-refractivity contribution in [3.8, 4) is 0 Å². The van der Waals surface area contributed by atoms with Gasteiger partial charge in [0.2, 0.25) is 0 Å². The highest BCUT2D eigenvalue weighted by molar-refractivity contribution is 5.89. The Labute approximate surface area is 119 Å². The molecule has 20 heavy (non-hydrogen) atoms. The fraction of sp³-hybridized carbons (Fsp3) is 0.562. The molecule has 4 nitrogen and oxygen atoms in total. The van der Waals surface area contributed by atoms with Crippen molar-refractivity contribution < 1.29 is 4.74 Å². The number of nitrogens with zero attached hydrogens (tertiary/aromatic N) is 2. The topological polar surface area (TPSA) is 50.8 Å². The van der Waals surface area contributed by atoms with Crippen molar-refractivity contribution in [3.63, 3.8) is 0 Å². The Kier molecular flexibility index (Phi) is 2.91. The van der Waals surface area contributed by atoms with Crippen molar-refractivity contribution in [2.24, 2.45) is 16.6 Å². The first-order valence-corrected chi connectivity index (χ1v) is 7.63. The molecule has 2 atom stereocenters. The van der Waals surface area contributed by atoms with Crippen LogP contribution in [0.5, 0.6) is 0 Å². The summed E-state index contributed by atoms with van der Waals surface area (Å²) in [5.74, 6) is 1.93. The van der Waals surface area contributed by atoms with E-state index in [2.05, 4.69) is 28.1 Å². The second kappa shape index (κ2) is 4.77. The molecular weight excluding hydrogens is 250 g/mol. The Morgan fingerprint density at radius 1 is 1.15 bits per heavy atom. The van der Waals surface area contributed by atoms with E-state index in [0.29, 0.717) is 11.8 Å². The monoisotopic (exact) mass is 271 g/mol. The van der Waals surface area contributed by atoms with Crippen molar-refractivity contribution in [2.75, 3.05) is 31.2 Å². The average Bonchev–Trinajstić information content (AvgIpc) is 2.98. The fourth-order valence-electron chi connectivity index (χ4n) is 3.87. The van der Waals surface area contributed by atoms with Crippen LogP contribution in [-0.4, -0.2) is 32.1 Å². The number of hydrogen-bond acceptors (Lipinski definition) is 4. The van der Waals surface area contributed by atoms with E-state index in [0.717, 1.165) is 37.8 Å². The van der Waals surface area contributed by atoms with Crippen LogP contribution in [-0.2, 0) is 4.74 Å². The molecule has 4 rings (SSSR count). The highest BCUT2D eigenvalue weighted by Gasteiger charge is 2.35. The van der Waals surface area contributed by atoms with Crippen molar-refractivity contribution in [1.82, 2.24) is 0 Å². The summed E-state index contributed by atoms with van der Waals surface area (Å²) < 4.78 is 5.42. The molecule has 0 radical (unpaired) electrons. The first-order valence-electron chi connectivity index (χ1n) is 7.63. The van der Waals surface area contributed by atoms with Gasteiger partial charge in [-0.3, -0.25) is 0 Å². The first-order chi connectivity index (χ1) is 9.83. The lowest BCUT2D eigenvalue weighted by molar-refractivity contribution is 0.122. The van der Waals surface area contributed by atoms with E-state index in [1.54, 1.807) is 0 Å². The van der Waals surface area contributed by atoms with Gasteiger partial charge in [-0.15, -0.1) is 0 Å². The second-order valence-electron chi connectivity index (χ2n) is 6.02. The average molecular weight is 271 g/mol. The number of nitrogens with two attached hydrogens (primary N) is 1. The SMILES string of the molecule is NC1=Nc2cc(N3CCOCC3)ccc2C2CCCC12. The van der Waals surface area contributed by atoms with Gasteiger partial charge in [-0.1, -0.05) is 12.5 Å². The Balaban J connectivity index is 1.70. The molecule has 2 aliphatic heterocycles. The number of aliphatic imine (C=N–C) groups is 1. The number of hydrogen-bond donors (Lipinski definition) is 1. The van der Waals surface area contributed by atoms with Crippen molar-refractivity contribution in [3.05, 3.63) is 23.8 Å². The lowest BCUT2D eigenvalue weighted by atomic mass is 9.84. The summed E-state index contributed by atoms with van der Waals surface area (Å²) in [4.78, 5) is 7.05. The van der Waals surface area contributed by atoms with Gasteiger partial charge in [-0.25, -0.2) is 4.99 Å². The van der Waals surface area contributed by atoms with Crippen LogP contribution >= 0.6 is 0 Å². The molecular formula is C16H21N3O. The van der Waals surface area contributed by atoms with E-state index in [1.165, 1.54) is 30.5 Å². The summed E-state index contributed by atoms with van der Waals surface area (Å²) in [6.45, 7) is 3.55. The molecule has 1 aromatic carbocycles. The van der Waals surface area contributed by atoms with E-state index in [4.69, 9.17) is 10.5 Å². The van der Waals surface area contributed by atoms with Crippen LogP contribution in [0.25, 0.3) is 0 Å². The van der Waals surface area contributed by atoms with Crippen LogP contribution in [0.2, 0.25) is 0 Å². The van der Waals surface area contributed by atoms with Crippen LogP contribution in [0.4, 0.5) is 11.4 Å². The van der Waals surface area contributed by atoms with E-state index in [1.807, 2.05) is 0 Å². The zero-order valence-corrected chi connectivity index (χ0v) is 11.7. The van der Waals surface area contributed by atoms with Gasteiger partial charge in [-0.05, 0) is 36.5 Å². The lowest BCUT2D eigenvalue weighted by Crippen LogP contribution is -2.36. The molecule has 0 aromatic heterocycles. The van der Waals surface area contributed by atoms with Gasteiger partial charge >= 0.3 is 0 Å². The van der Waals surface area contributed by atoms with Crippen LogP contribution in [0, 0.1) is 5.92 Å². The Hall–Kier alpha value is -1.55. The molecule has 1 aromatic rings. The Morgan fingerprint density at radius 2 is 1.95 bits per heavy atom. The molecule has 2 unspecified atom stereocenters. The Bertz CT molecular complexity index is 549. The number of amidine groups is 1. The molecule has 1 saturated heterocycles. The summed E-state index contributed by atoms with van der Waals surface area (Å²) in [6, 6.07) is 6.73. The second-order valence-corrected chi connectivity index (χ2v) is 6.02. The van der Waals surface area contributed by atoms with Crippen LogP contribution in [0.1, 0.15) is 30.7 Å². The smallest absolute Gasteiger partial charge is 0.103 e. The van der Waals surface area contributed by atoms with Gasteiger partial charge in [0, 0.05) is 24.7 Å². The van der Waals surface area contributed by atoms with Crippen LogP contribution in [0.3, 0.4) is 0 Å². The summed E-state index contributed by atoms with van der Waals surface area (Å²) in [5, 5.41) is 0. The number of anilines is 1. The minimum atomic E-state index is 0.483. The molecule has 1 aliphatic carbocycles. The predicted octanol–water partition coefficient (Wildman–Crippen LogP) is 2.41. The van der Waals surface area contributed by atoms with E-state index in [-0.39, 0.29) is 0 Å². The van der Waals surface area contributed by atoms with Crippen molar-refractivity contribution in [1.29, 1.82) is 0 Å². The summed E-state index contributed by atoms with van der Waals surface area (Å²) in [7, 11) is 0. The molecule has 2 N–H and O–H groups in total. The standard InChI is InChI=1S/C16H21N3O/c17-16-14-3-1-2-12(14)13-5-4-11(10-15(13)18-16)19-6-8-20-9-7-19/h4-5,10,12,14H,1-3,6-9H2,(H2,17,18). The van der Waals surface area contributed by atoms with E-state index < -0.39 is 0 Å². The molecule has 4 heteroatoms. The van der Waals surface area contributed by atoms with Gasteiger partial charge in [0.15, 0.2) is 0 Å². The van der Waals surface area contributed by atoms with Gasteiger partial charge < -0.3 is 15.4 Å². The lowest BCUT2D eigenvalue weighted by Gasteiger charge is -2.31. The first kappa shape index (κ1) is 12.2. The summed E-state index contributed by atoms with van der Waals surface area (Å²) in [6.07, 6.45) is 3.73. The molecule has 0 bridgehead atoms. The predicted molar refractivity (Wildman–Crippen MR) is 80.8 cm³/mol. The van der Waals surface area contributed by atoms with Crippen molar-refractivity contribution >= 4 is 17.2 Å². The maximum atomic E-state index is 6.18. The summed E-state index contributed by atoms with van der Waals surface area (Å²) in [5.41, 5.74) is 9.92. The number of rotatable bonds is 1. The Morgan fingerprint density at radius 3 is 2.80 bits per heavy atom. The fourth-order valence-corrected chi connectivity index (χ4v) is 3.87. The number of benzene rings is 1. The summed E-state index contributed by atoms with van der Waals surface area (Å²) >= 11 is 0. The minimum absolute atomic E-state index is 0.483. The van der Waals surface area contributed by atoms with Gasteiger partial charge in [0.05, 0.1) is 18.9 Å². The molecule has 0 amide bonds. The van der Waals surface area contributed by atoms with E-state index >= 15 is 0 Å². The van der Waals surface area contributed by atoms with Crippen LogP contribution < -0.4 is 10.6 Å². The number of morpholine rings is 1. The molecule has 2 heterocycles. The molecule has 3 aliphatic rings. The third-order valence-electron chi connectivity index (χ3n) is 4.94. The third-order valence-corrected chi connectivity index (χ3v) is 4.94. The highest BCUT2D eigenvalue weighted by Crippen LogP contribution is 2.47. The minimum Gasteiger partial charge on any atom is -0.387 e. The molecule has 106 valence electrons. The maximum Gasteiger partial charge on any atom is 0.103 e. The normalized spacial score (nSPS) is 28.8. The van der Waals surface area contributed by atoms with Gasteiger partial charge in [0.1, 0.15) is 5.84 Å². The number of fused-ring (bicyclic) bond motifs is 3. The quantitative estimate of drug-likeness (QED) is 0.853. The van der Waals surface area contributed by atoms with E-state index in [9.17, 15) is 0 Å². The highest BCUT2D eigenvalue weighted by atomic mass is 16.5. The molecule has 2 fully saturated rings. The van der Waals surface area contributed by atoms with Crippen LogP contribution in [0.15, 0.2) is 23.2 Å². The number of ether oxygens (including phenoxy) is 1.